The van der Waals surface area contributed by atoms with Gasteiger partial charge in [-0.3, -0.25) is 4.79 Å². The number of hydrogen-bond donors (Lipinski definition) is 0. The van der Waals surface area contributed by atoms with Crippen molar-refractivity contribution in [2.24, 2.45) is 0 Å². The van der Waals surface area contributed by atoms with Crippen molar-refractivity contribution in [1.29, 1.82) is 0 Å². The summed E-state index contributed by atoms with van der Waals surface area (Å²) in [4.78, 5) is 16.7. The molecule has 0 bridgehead atoms. The van der Waals surface area contributed by atoms with Crippen LogP contribution in [0, 0.1) is 5.82 Å². The van der Waals surface area contributed by atoms with Gasteiger partial charge in [-0.05, 0) is 47.2 Å². The zero-order chi connectivity index (χ0) is 19.4. The highest BCUT2D eigenvalue weighted by Gasteiger charge is 2.21. The Balaban J connectivity index is 1.47. The third-order valence-electron chi connectivity index (χ3n) is 5.27. The van der Waals surface area contributed by atoms with Crippen molar-refractivity contribution in [3.05, 3.63) is 65.5 Å². The van der Waals surface area contributed by atoms with Crippen LogP contribution in [0.5, 0.6) is 0 Å². The lowest BCUT2D eigenvalue weighted by molar-refractivity contribution is -0.131. The highest BCUT2D eigenvalue weighted by atomic mass is 19.1. The van der Waals surface area contributed by atoms with E-state index in [9.17, 15) is 9.18 Å². The van der Waals surface area contributed by atoms with E-state index in [0.29, 0.717) is 6.42 Å². The van der Waals surface area contributed by atoms with Gasteiger partial charge in [0.15, 0.2) is 0 Å². The average Bonchev–Trinajstić information content (AvgIpc) is 2.66. The van der Waals surface area contributed by atoms with Crippen molar-refractivity contribution in [2.45, 2.75) is 39.0 Å². The Morgan fingerprint density at radius 3 is 2.07 bits per heavy atom. The van der Waals surface area contributed by atoms with E-state index in [0.717, 1.165) is 38.3 Å². The van der Waals surface area contributed by atoms with Gasteiger partial charge in [0.05, 0.1) is 0 Å². The fraction of sp³-hybridized carbons (Fsp3) is 0.435. The van der Waals surface area contributed by atoms with E-state index in [1.807, 2.05) is 4.90 Å². The van der Waals surface area contributed by atoms with Gasteiger partial charge in [-0.2, -0.15) is 0 Å². The van der Waals surface area contributed by atoms with E-state index in [2.05, 4.69) is 49.9 Å². The number of amides is 1. The largest absolute Gasteiger partial charge is 0.368 e. The maximum absolute atomic E-state index is 13.1. The Morgan fingerprint density at radius 2 is 1.52 bits per heavy atom. The molecule has 27 heavy (non-hydrogen) atoms. The van der Waals surface area contributed by atoms with Crippen LogP contribution in [-0.2, 0) is 16.6 Å². The fourth-order valence-electron chi connectivity index (χ4n) is 3.45. The first-order valence-electron chi connectivity index (χ1n) is 9.71. The molecule has 0 aliphatic carbocycles. The zero-order valence-electron chi connectivity index (χ0n) is 16.5. The van der Waals surface area contributed by atoms with Gasteiger partial charge in [-0.1, -0.05) is 45.0 Å². The van der Waals surface area contributed by atoms with E-state index < -0.39 is 0 Å². The number of halogens is 1. The van der Waals surface area contributed by atoms with Gasteiger partial charge in [0, 0.05) is 38.3 Å². The van der Waals surface area contributed by atoms with E-state index >= 15 is 0 Å². The number of nitrogens with zero attached hydrogens (tertiary/aromatic N) is 2. The molecule has 0 atom stereocenters. The van der Waals surface area contributed by atoms with E-state index in [4.69, 9.17) is 0 Å². The SMILES string of the molecule is CC(C)(C)c1ccc(CCC(=O)N2CCN(c3ccc(F)cc3)CC2)cc1. The van der Waals surface area contributed by atoms with Gasteiger partial charge in [0.2, 0.25) is 5.91 Å². The number of aryl methyl sites for hydroxylation is 1. The molecule has 0 N–H and O–H groups in total. The monoisotopic (exact) mass is 368 g/mol. The summed E-state index contributed by atoms with van der Waals surface area (Å²) in [6.45, 7) is 9.64. The van der Waals surface area contributed by atoms with E-state index in [-0.39, 0.29) is 17.1 Å². The van der Waals surface area contributed by atoms with Crippen molar-refractivity contribution in [1.82, 2.24) is 4.90 Å². The predicted molar refractivity (Wildman–Crippen MR) is 109 cm³/mol. The van der Waals surface area contributed by atoms with Gasteiger partial charge >= 0.3 is 0 Å². The summed E-state index contributed by atoms with van der Waals surface area (Å²) in [5.74, 6) is -0.00301. The number of anilines is 1. The van der Waals surface area contributed by atoms with E-state index in [1.165, 1.54) is 23.3 Å². The number of carbonyl (C=O) groups excluding carboxylic acids is 1. The summed E-state index contributed by atoms with van der Waals surface area (Å²) in [5, 5.41) is 0. The lowest BCUT2D eigenvalue weighted by Crippen LogP contribution is -2.48. The Kier molecular flexibility index (Phi) is 5.83. The van der Waals surface area contributed by atoms with Crippen LogP contribution in [-0.4, -0.2) is 37.0 Å². The van der Waals surface area contributed by atoms with Gasteiger partial charge in [-0.25, -0.2) is 4.39 Å². The third kappa shape index (κ3) is 5.09. The molecular formula is C23H29FN2O. The number of piperazine rings is 1. The molecule has 3 rings (SSSR count). The summed E-state index contributed by atoms with van der Waals surface area (Å²) >= 11 is 0. The first kappa shape index (κ1) is 19.4. The maximum atomic E-state index is 13.1. The minimum atomic E-state index is -0.219. The molecule has 0 spiro atoms. The molecule has 0 unspecified atom stereocenters. The second kappa shape index (κ2) is 8.12. The van der Waals surface area contributed by atoms with Crippen molar-refractivity contribution in [3.8, 4) is 0 Å². The Labute approximate surface area is 161 Å². The topological polar surface area (TPSA) is 23.6 Å². The number of carbonyl (C=O) groups is 1. The molecule has 2 aromatic carbocycles. The molecule has 1 amide bonds. The summed E-state index contributed by atoms with van der Waals surface area (Å²) in [7, 11) is 0. The van der Waals surface area contributed by atoms with Gasteiger partial charge in [0.1, 0.15) is 5.82 Å². The molecule has 1 saturated heterocycles. The summed E-state index contributed by atoms with van der Waals surface area (Å²) in [6, 6.07) is 15.2. The minimum absolute atomic E-state index is 0.151. The standard InChI is InChI=1S/C23H29FN2O/c1-23(2,3)19-7-4-18(5-8-19)6-13-22(27)26-16-14-25(15-17-26)21-11-9-20(24)10-12-21/h4-5,7-12H,6,13-17H2,1-3H3. The quantitative estimate of drug-likeness (QED) is 0.798. The molecule has 1 aliphatic heterocycles. The summed E-state index contributed by atoms with van der Waals surface area (Å²) < 4.78 is 13.1. The molecule has 0 saturated carbocycles. The number of rotatable bonds is 4. The maximum Gasteiger partial charge on any atom is 0.223 e. The van der Waals surface area contributed by atoms with Crippen LogP contribution in [0.25, 0.3) is 0 Å². The average molecular weight is 368 g/mol. The van der Waals surface area contributed by atoms with Crippen LogP contribution in [0.4, 0.5) is 10.1 Å². The molecular weight excluding hydrogens is 339 g/mol. The van der Waals surface area contributed by atoms with Crippen LogP contribution in [0.2, 0.25) is 0 Å². The van der Waals surface area contributed by atoms with Gasteiger partial charge in [-0.15, -0.1) is 0 Å². The Morgan fingerprint density at radius 1 is 0.926 bits per heavy atom. The lowest BCUT2D eigenvalue weighted by Gasteiger charge is -2.36. The van der Waals surface area contributed by atoms with Crippen LogP contribution in [0.15, 0.2) is 48.5 Å². The second-order valence-corrected chi connectivity index (χ2v) is 8.29. The fourth-order valence-corrected chi connectivity index (χ4v) is 3.45. The molecule has 2 aromatic rings. The second-order valence-electron chi connectivity index (χ2n) is 8.29. The van der Waals surface area contributed by atoms with Crippen molar-refractivity contribution >= 4 is 11.6 Å². The first-order chi connectivity index (χ1) is 12.8. The molecule has 0 aromatic heterocycles. The third-order valence-corrected chi connectivity index (χ3v) is 5.27. The van der Waals surface area contributed by atoms with Gasteiger partial charge in [0.25, 0.3) is 0 Å². The molecule has 144 valence electrons. The molecule has 3 nitrogen and oxygen atoms in total. The van der Waals surface area contributed by atoms with Crippen LogP contribution in [0.3, 0.4) is 0 Å². The number of hydrogen-bond acceptors (Lipinski definition) is 2. The molecule has 1 fully saturated rings. The van der Waals surface area contributed by atoms with Crippen LogP contribution < -0.4 is 4.90 Å². The molecule has 0 radical (unpaired) electrons. The van der Waals surface area contributed by atoms with Crippen molar-refractivity contribution in [2.75, 3.05) is 31.1 Å². The highest BCUT2D eigenvalue weighted by molar-refractivity contribution is 5.76. The lowest BCUT2D eigenvalue weighted by atomic mass is 9.86. The zero-order valence-corrected chi connectivity index (χ0v) is 16.5. The van der Waals surface area contributed by atoms with Crippen molar-refractivity contribution < 1.29 is 9.18 Å². The highest BCUT2D eigenvalue weighted by Crippen LogP contribution is 2.23. The molecule has 4 heteroatoms. The first-order valence-corrected chi connectivity index (χ1v) is 9.71. The normalized spacial score (nSPS) is 15.1. The summed E-state index contributed by atoms with van der Waals surface area (Å²) in [5.41, 5.74) is 3.69. The minimum Gasteiger partial charge on any atom is -0.368 e. The van der Waals surface area contributed by atoms with Crippen molar-refractivity contribution in [3.63, 3.8) is 0 Å². The van der Waals surface area contributed by atoms with Crippen LogP contribution in [0.1, 0.15) is 38.3 Å². The Hall–Kier alpha value is -2.36. The summed E-state index contributed by atoms with van der Waals surface area (Å²) in [6.07, 6.45) is 1.33. The van der Waals surface area contributed by atoms with Crippen LogP contribution >= 0.6 is 0 Å². The number of benzene rings is 2. The van der Waals surface area contributed by atoms with Gasteiger partial charge < -0.3 is 9.80 Å². The smallest absolute Gasteiger partial charge is 0.223 e. The van der Waals surface area contributed by atoms with E-state index in [1.54, 1.807) is 12.1 Å². The Bertz CT molecular complexity index is 754. The molecule has 1 heterocycles. The molecule has 1 aliphatic rings. The predicted octanol–water partition coefficient (Wildman–Crippen LogP) is 4.40.